The molecule has 0 bridgehead atoms. The number of carbonyl (C=O) groups excluding carboxylic acids is 1. The molecule has 0 unspecified atom stereocenters. The zero-order chi connectivity index (χ0) is 17.4. The van der Waals surface area contributed by atoms with E-state index in [2.05, 4.69) is 20.4 Å². The molecule has 2 atom stereocenters. The fourth-order valence-corrected chi connectivity index (χ4v) is 3.30. The molecular formula is C17H20N6O2. The molecule has 4 heterocycles. The number of aryl methyl sites for hydroxylation is 2. The van der Waals surface area contributed by atoms with Gasteiger partial charge in [0.2, 0.25) is 11.9 Å². The van der Waals surface area contributed by atoms with Gasteiger partial charge in [-0.3, -0.25) is 19.4 Å². The van der Waals surface area contributed by atoms with Gasteiger partial charge in [-0.25, -0.2) is 9.97 Å². The molecule has 1 N–H and O–H groups in total. The zero-order valence-corrected chi connectivity index (χ0v) is 14.2. The Hall–Kier alpha value is -2.74. The number of imidazole rings is 1. The van der Waals surface area contributed by atoms with Crippen LogP contribution in [-0.4, -0.2) is 36.8 Å². The van der Waals surface area contributed by atoms with Crippen LogP contribution in [0.25, 0.3) is 11.2 Å². The standard InChI is InChI=1S/C17H20N6O2/c1-22-10-11(9-19-22)14-12(5-4-8-25-14)16(24)21-17-20-13-6-3-7-18-15(13)23(17)2/h3,6-7,9-10,12,14H,4-5,8H2,1-2H3,(H,20,21,24)/t12-,14+/m1/s1. The summed E-state index contributed by atoms with van der Waals surface area (Å²) in [5.41, 5.74) is 2.42. The number of amides is 1. The number of rotatable bonds is 3. The number of anilines is 1. The SMILES string of the molecule is Cn1cc([C@@H]2OCCC[C@H]2C(=O)Nc2nc3cccnc3n2C)cn1. The van der Waals surface area contributed by atoms with E-state index < -0.39 is 0 Å². The Bertz CT molecular complexity index is 915. The zero-order valence-electron chi connectivity index (χ0n) is 14.2. The molecule has 8 heteroatoms. The topological polar surface area (TPSA) is 86.9 Å². The largest absolute Gasteiger partial charge is 0.373 e. The molecule has 25 heavy (non-hydrogen) atoms. The fourth-order valence-electron chi connectivity index (χ4n) is 3.30. The third kappa shape index (κ3) is 2.89. The van der Waals surface area contributed by atoms with Crippen molar-refractivity contribution in [3.05, 3.63) is 36.3 Å². The van der Waals surface area contributed by atoms with Crippen LogP contribution in [0.3, 0.4) is 0 Å². The lowest BCUT2D eigenvalue weighted by atomic mass is 9.90. The van der Waals surface area contributed by atoms with Crippen LogP contribution < -0.4 is 5.32 Å². The molecule has 1 aliphatic rings. The van der Waals surface area contributed by atoms with Crippen molar-refractivity contribution in [3.8, 4) is 0 Å². The van der Waals surface area contributed by atoms with E-state index in [0.29, 0.717) is 12.6 Å². The Morgan fingerprint density at radius 3 is 3.04 bits per heavy atom. The van der Waals surface area contributed by atoms with Gasteiger partial charge in [0.25, 0.3) is 0 Å². The van der Waals surface area contributed by atoms with Crippen LogP contribution in [0.15, 0.2) is 30.7 Å². The molecule has 1 fully saturated rings. The fraction of sp³-hybridized carbons (Fsp3) is 0.412. The number of hydrogen-bond donors (Lipinski definition) is 1. The minimum absolute atomic E-state index is 0.0908. The molecule has 0 aromatic carbocycles. The van der Waals surface area contributed by atoms with Crippen LogP contribution in [0.1, 0.15) is 24.5 Å². The van der Waals surface area contributed by atoms with Gasteiger partial charge in [0, 0.05) is 38.7 Å². The van der Waals surface area contributed by atoms with Gasteiger partial charge in [0.1, 0.15) is 5.52 Å². The lowest BCUT2D eigenvalue weighted by Crippen LogP contribution is -2.33. The highest BCUT2D eigenvalue weighted by Crippen LogP contribution is 2.34. The number of hydrogen-bond acceptors (Lipinski definition) is 5. The van der Waals surface area contributed by atoms with Crippen LogP contribution >= 0.6 is 0 Å². The second-order valence-electron chi connectivity index (χ2n) is 6.32. The van der Waals surface area contributed by atoms with Crippen molar-refractivity contribution in [2.75, 3.05) is 11.9 Å². The number of ether oxygens (including phenoxy) is 1. The van der Waals surface area contributed by atoms with Gasteiger partial charge in [0.15, 0.2) is 5.65 Å². The maximum Gasteiger partial charge on any atom is 0.232 e. The average molecular weight is 340 g/mol. The normalized spacial score (nSPS) is 20.7. The van der Waals surface area contributed by atoms with Crippen molar-refractivity contribution in [1.29, 1.82) is 0 Å². The van der Waals surface area contributed by atoms with Gasteiger partial charge in [0.05, 0.1) is 18.2 Å². The first kappa shape index (κ1) is 15.8. The molecule has 3 aromatic heterocycles. The molecule has 0 saturated carbocycles. The third-order valence-electron chi connectivity index (χ3n) is 4.58. The lowest BCUT2D eigenvalue weighted by molar-refractivity contribution is -0.129. The summed E-state index contributed by atoms with van der Waals surface area (Å²) in [6.45, 7) is 0.652. The minimum Gasteiger partial charge on any atom is -0.373 e. The summed E-state index contributed by atoms with van der Waals surface area (Å²) in [4.78, 5) is 21.7. The van der Waals surface area contributed by atoms with Gasteiger partial charge < -0.3 is 4.74 Å². The second-order valence-corrected chi connectivity index (χ2v) is 6.32. The molecule has 0 aliphatic carbocycles. The summed E-state index contributed by atoms with van der Waals surface area (Å²) in [6, 6.07) is 3.70. The highest BCUT2D eigenvalue weighted by molar-refractivity contribution is 5.93. The lowest BCUT2D eigenvalue weighted by Gasteiger charge is -2.30. The number of nitrogens with one attached hydrogen (secondary N) is 1. The Balaban J connectivity index is 1.58. The van der Waals surface area contributed by atoms with Crippen molar-refractivity contribution in [2.24, 2.45) is 20.0 Å². The Morgan fingerprint density at radius 1 is 1.40 bits per heavy atom. The van der Waals surface area contributed by atoms with E-state index in [1.54, 1.807) is 21.6 Å². The Morgan fingerprint density at radius 2 is 2.28 bits per heavy atom. The van der Waals surface area contributed by atoms with Crippen LogP contribution in [0, 0.1) is 5.92 Å². The molecule has 0 radical (unpaired) electrons. The van der Waals surface area contributed by atoms with Crippen LogP contribution in [-0.2, 0) is 23.6 Å². The number of nitrogens with zero attached hydrogens (tertiary/aromatic N) is 5. The quantitative estimate of drug-likeness (QED) is 0.786. The molecule has 3 aromatic rings. The first-order valence-corrected chi connectivity index (χ1v) is 8.32. The third-order valence-corrected chi connectivity index (χ3v) is 4.58. The van der Waals surface area contributed by atoms with E-state index in [-0.39, 0.29) is 17.9 Å². The average Bonchev–Trinajstić information content (AvgIpc) is 3.19. The molecule has 8 nitrogen and oxygen atoms in total. The maximum absolute atomic E-state index is 12.9. The number of fused-ring (bicyclic) bond motifs is 1. The molecule has 130 valence electrons. The molecular weight excluding hydrogens is 320 g/mol. The van der Waals surface area contributed by atoms with Gasteiger partial charge in [-0.1, -0.05) is 0 Å². The second kappa shape index (κ2) is 6.29. The Kier molecular flexibility index (Phi) is 3.96. The number of aromatic nitrogens is 5. The van der Waals surface area contributed by atoms with E-state index in [9.17, 15) is 4.79 Å². The van der Waals surface area contributed by atoms with Crippen LogP contribution in [0.4, 0.5) is 5.95 Å². The predicted molar refractivity (Wildman–Crippen MR) is 91.8 cm³/mol. The number of carbonyl (C=O) groups is 1. The van der Waals surface area contributed by atoms with Crippen molar-refractivity contribution in [3.63, 3.8) is 0 Å². The minimum atomic E-state index is -0.282. The first-order valence-electron chi connectivity index (χ1n) is 8.32. The van der Waals surface area contributed by atoms with E-state index in [0.717, 1.165) is 29.6 Å². The van der Waals surface area contributed by atoms with Gasteiger partial charge in [-0.2, -0.15) is 5.10 Å². The first-order chi connectivity index (χ1) is 12.1. The van der Waals surface area contributed by atoms with Gasteiger partial charge in [-0.05, 0) is 25.0 Å². The summed E-state index contributed by atoms with van der Waals surface area (Å²) in [5, 5.41) is 7.13. The van der Waals surface area contributed by atoms with Crippen molar-refractivity contribution in [2.45, 2.75) is 18.9 Å². The number of pyridine rings is 1. The highest BCUT2D eigenvalue weighted by atomic mass is 16.5. The van der Waals surface area contributed by atoms with E-state index >= 15 is 0 Å². The molecule has 1 saturated heterocycles. The van der Waals surface area contributed by atoms with Crippen molar-refractivity contribution < 1.29 is 9.53 Å². The van der Waals surface area contributed by atoms with Gasteiger partial charge in [-0.15, -0.1) is 0 Å². The molecule has 0 spiro atoms. The summed E-state index contributed by atoms with van der Waals surface area (Å²) in [7, 11) is 3.70. The summed E-state index contributed by atoms with van der Waals surface area (Å²) in [5.74, 6) is 0.131. The Labute approximate surface area is 144 Å². The van der Waals surface area contributed by atoms with Crippen LogP contribution in [0.2, 0.25) is 0 Å². The van der Waals surface area contributed by atoms with Crippen molar-refractivity contribution >= 4 is 23.0 Å². The van der Waals surface area contributed by atoms with Gasteiger partial charge >= 0.3 is 0 Å². The summed E-state index contributed by atoms with van der Waals surface area (Å²) >= 11 is 0. The summed E-state index contributed by atoms with van der Waals surface area (Å²) < 4.78 is 9.39. The molecule has 1 aliphatic heterocycles. The van der Waals surface area contributed by atoms with E-state index in [1.165, 1.54) is 0 Å². The molecule has 4 rings (SSSR count). The monoisotopic (exact) mass is 340 g/mol. The smallest absolute Gasteiger partial charge is 0.232 e. The van der Waals surface area contributed by atoms with E-state index in [4.69, 9.17) is 4.74 Å². The van der Waals surface area contributed by atoms with Crippen LogP contribution in [0.5, 0.6) is 0 Å². The molecule has 1 amide bonds. The predicted octanol–water partition coefficient (Wildman–Crippen LogP) is 1.81. The van der Waals surface area contributed by atoms with Crippen molar-refractivity contribution in [1.82, 2.24) is 24.3 Å². The highest BCUT2D eigenvalue weighted by Gasteiger charge is 2.34. The van der Waals surface area contributed by atoms with E-state index in [1.807, 2.05) is 32.4 Å². The maximum atomic E-state index is 12.9. The summed E-state index contributed by atoms with van der Waals surface area (Å²) in [6.07, 6.45) is 6.72.